The highest BCUT2D eigenvalue weighted by atomic mass is 16.5. The summed E-state index contributed by atoms with van der Waals surface area (Å²) in [5.41, 5.74) is 1.14. The van der Waals surface area contributed by atoms with E-state index >= 15 is 0 Å². The average Bonchev–Trinajstić information content (AvgIpc) is 2.40. The SMILES string of the molecule is CC#C[C@@H](C)[C@H](OCc1ccccc1)[C@H](C)CO. The molecule has 0 bridgehead atoms. The van der Waals surface area contributed by atoms with E-state index in [0.717, 1.165) is 5.56 Å². The molecule has 1 aromatic rings. The van der Waals surface area contributed by atoms with Gasteiger partial charge in [-0.25, -0.2) is 0 Å². The Morgan fingerprint density at radius 1 is 1.22 bits per heavy atom. The third-order valence-electron chi connectivity index (χ3n) is 3.00. The van der Waals surface area contributed by atoms with Crippen molar-refractivity contribution >= 4 is 0 Å². The van der Waals surface area contributed by atoms with Crippen molar-refractivity contribution in [2.45, 2.75) is 33.5 Å². The molecule has 1 N–H and O–H groups in total. The molecule has 0 aliphatic rings. The quantitative estimate of drug-likeness (QED) is 0.782. The molecule has 0 spiro atoms. The average molecular weight is 246 g/mol. The van der Waals surface area contributed by atoms with E-state index in [4.69, 9.17) is 4.74 Å². The minimum absolute atomic E-state index is 0.0392. The third kappa shape index (κ3) is 4.52. The van der Waals surface area contributed by atoms with Crippen LogP contribution in [-0.2, 0) is 11.3 Å². The van der Waals surface area contributed by atoms with Gasteiger partial charge in [0.05, 0.1) is 12.7 Å². The Morgan fingerprint density at radius 3 is 2.44 bits per heavy atom. The second-order valence-electron chi connectivity index (χ2n) is 4.60. The van der Waals surface area contributed by atoms with Crippen molar-refractivity contribution in [3.8, 4) is 11.8 Å². The fourth-order valence-corrected chi connectivity index (χ4v) is 1.98. The highest BCUT2D eigenvalue weighted by Crippen LogP contribution is 2.18. The molecule has 1 rings (SSSR count). The van der Waals surface area contributed by atoms with Crippen molar-refractivity contribution in [1.82, 2.24) is 0 Å². The van der Waals surface area contributed by atoms with Gasteiger partial charge in [-0.3, -0.25) is 0 Å². The molecule has 0 unspecified atom stereocenters. The van der Waals surface area contributed by atoms with Gasteiger partial charge in [-0.1, -0.05) is 43.2 Å². The van der Waals surface area contributed by atoms with E-state index in [9.17, 15) is 5.11 Å². The molecule has 0 heterocycles. The number of aliphatic hydroxyl groups is 1. The first-order valence-corrected chi connectivity index (χ1v) is 6.37. The van der Waals surface area contributed by atoms with Crippen LogP contribution in [0.15, 0.2) is 30.3 Å². The van der Waals surface area contributed by atoms with E-state index in [1.807, 2.05) is 51.1 Å². The van der Waals surface area contributed by atoms with E-state index in [0.29, 0.717) is 6.61 Å². The summed E-state index contributed by atoms with van der Waals surface area (Å²) in [5.74, 6) is 6.24. The molecule has 2 heteroatoms. The summed E-state index contributed by atoms with van der Waals surface area (Å²) in [6.07, 6.45) is -0.0392. The Bertz CT molecular complexity index is 389. The molecule has 98 valence electrons. The lowest BCUT2D eigenvalue weighted by Crippen LogP contribution is -2.30. The molecular weight excluding hydrogens is 224 g/mol. The molecule has 0 amide bonds. The second kappa shape index (κ2) is 7.92. The lowest BCUT2D eigenvalue weighted by molar-refractivity contribution is -0.0288. The van der Waals surface area contributed by atoms with Crippen LogP contribution in [-0.4, -0.2) is 17.8 Å². The summed E-state index contributed by atoms with van der Waals surface area (Å²) in [6.45, 7) is 6.54. The van der Waals surface area contributed by atoms with Gasteiger partial charge in [0.1, 0.15) is 0 Å². The standard InChI is InChI=1S/C16H22O2/c1-4-8-13(2)16(14(3)11-17)18-12-15-9-6-5-7-10-15/h5-7,9-10,13-14,16-17H,11-12H2,1-3H3/t13-,14-,16+/m1/s1. The minimum atomic E-state index is -0.0392. The van der Waals surface area contributed by atoms with Crippen LogP contribution in [0.25, 0.3) is 0 Å². The molecule has 0 radical (unpaired) electrons. The van der Waals surface area contributed by atoms with Gasteiger partial charge in [-0.05, 0) is 19.4 Å². The fraction of sp³-hybridized carbons (Fsp3) is 0.500. The molecule has 0 saturated carbocycles. The van der Waals surface area contributed by atoms with Crippen LogP contribution in [0.5, 0.6) is 0 Å². The largest absolute Gasteiger partial charge is 0.396 e. The summed E-state index contributed by atoms with van der Waals surface area (Å²) in [7, 11) is 0. The normalized spacial score (nSPS) is 15.3. The van der Waals surface area contributed by atoms with Crippen LogP contribution >= 0.6 is 0 Å². The van der Waals surface area contributed by atoms with Crippen molar-refractivity contribution in [2.24, 2.45) is 11.8 Å². The van der Waals surface area contributed by atoms with E-state index in [2.05, 4.69) is 11.8 Å². The summed E-state index contributed by atoms with van der Waals surface area (Å²) >= 11 is 0. The molecule has 2 nitrogen and oxygen atoms in total. The minimum Gasteiger partial charge on any atom is -0.396 e. The molecule has 0 saturated heterocycles. The Morgan fingerprint density at radius 2 is 1.89 bits per heavy atom. The molecular formula is C16H22O2. The maximum absolute atomic E-state index is 9.29. The zero-order valence-electron chi connectivity index (χ0n) is 11.4. The molecule has 0 aliphatic heterocycles. The van der Waals surface area contributed by atoms with E-state index in [1.54, 1.807) is 0 Å². The smallest absolute Gasteiger partial charge is 0.0761 e. The zero-order chi connectivity index (χ0) is 13.4. The zero-order valence-corrected chi connectivity index (χ0v) is 11.4. The third-order valence-corrected chi connectivity index (χ3v) is 3.00. The number of benzene rings is 1. The van der Waals surface area contributed by atoms with Crippen molar-refractivity contribution in [3.05, 3.63) is 35.9 Å². The highest BCUT2D eigenvalue weighted by Gasteiger charge is 2.22. The number of ether oxygens (including phenoxy) is 1. The van der Waals surface area contributed by atoms with Crippen LogP contribution in [0, 0.1) is 23.7 Å². The molecule has 0 aromatic heterocycles. The number of hydrogen-bond donors (Lipinski definition) is 1. The lowest BCUT2D eigenvalue weighted by atomic mass is 9.94. The predicted octanol–water partition coefficient (Wildman–Crippen LogP) is 2.86. The maximum atomic E-state index is 9.29. The van der Waals surface area contributed by atoms with Crippen LogP contribution < -0.4 is 0 Å². The van der Waals surface area contributed by atoms with E-state index in [1.165, 1.54) is 0 Å². The van der Waals surface area contributed by atoms with Gasteiger partial charge in [0.2, 0.25) is 0 Å². The van der Waals surface area contributed by atoms with Crippen molar-refractivity contribution in [2.75, 3.05) is 6.61 Å². The van der Waals surface area contributed by atoms with E-state index < -0.39 is 0 Å². The highest BCUT2D eigenvalue weighted by molar-refractivity contribution is 5.13. The molecule has 0 aliphatic carbocycles. The topological polar surface area (TPSA) is 29.5 Å². The number of aliphatic hydroxyl groups excluding tert-OH is 1. The monoisotopic (exact) mass is 246 g/mol. The Labute approximate surface area is 110 Å². The summed E-state index contributed by atoms with van der Waals surface area (Å²) in [6, 6.07) is 10.1. The predicted molar refractivity (Wildman–Crippen MR) is 73.9 cm³/mol. The first-order valence-electron chi connectivity index (χ1n) is 6.37. The van der Waals surface area contributed by atoms with Crippen molar-refractivity contribution in [1.29, 1.82) is 0 Å². The molecule has 1 aromatic carbocycles. The van der Waals surface area contributed by atoms with Gasteiger partial charge in [0.25, 0.3) is 0 Å². The first-order chi connectivity index (χ1) is 8.69. The summed E-state index contributed by atoms with van der Waals surface area (Å²) in [5, 5.41) is 9.29. The molecule has 0 fully saturated rings. The van der Waals surface area contributed by atoms with Gasteiger partial charge in [-0.15, -0.1) is 5.92 Å². The van der Waals surface area contributed by atoms with Crippen LogP contribution in [0.3, 0.4) is 0 Å². The van der Waals surface area contributed by atoms with E-state index in [-0.39, 0.29) is 24.5 Å². The van der Waals surface area contributed by atoms with Crippen LogP contribution in [0.4, 0.5) is 0 Å². The van der Waals surface area contributed by atoms with Crippen molar-refractivity contribution in [3.63, 3.8) is 0 Å². The Hall–Kier alpha value is -1.30. The van der Waals surface area contributed by atoms with Crippen molar-refractivity contribution < 1.29 is 9.84 Å². The maximum Gasteiger partial charge on any atom is 0.0761 e. The van der Waals surface area contributed by atoms with Gasteiger partial charge in [0, 0.05) is 18.4 Å². The lowest BCUT2D eigenvalue weighted by Gasteiger charge is -2.26. The van der Waals surface area contributed by atoms with Gasteiger partial charge in [-0.2, -0.15) is 0 Å². The second-order valence-corrected chi connectivity index (χ2v) is 4.60. The summed E-state index contributed by atoms with van der Waals surface area (Å²) < 4.78 is 5.93. The van der Waals surface area contributed by atoms with Gasteiger partial charge >= 0.3 is 0 Å². The van der Waals surface area contributed by atoms with Crippen LogP contribution in [0.2, 0.25) is 0 Å². The fourth-order valence-electron chi connectivity index (χ4n) is 1.98. The van der Waals surface area contributed by atoms with Gasteiger partial charge < -0.3 is 9.84 Å². The van der Waals surface area contributed by atoms with Gasteiger partial charge in [0.15, 0.2) is 0 Å². The van der Waals surface area contributed by atoms with Crippen LogP contribution in [0.1, 0.15) is 26.3 Å². The molecule has 18 heavy (non-hydrogen) atoms. The Balaban J connectivity index is 2.63. The number of rotatable bonds is 6. The number of hydrogen-bond acceptors (Lipinski definition) is 2. The summed E-state index contributed by atoms with van der Waals surface area (Å²) in [4.78, 5) is 0. The Kier molecular flexibility index (Phi) is 6.49. The first kappa shape index (κ1) is 14.8. The molecule has 3 atom stereocenters.